The van der Waals surface area contributed by atoms with Gasteiger partial charge in [-0.1, -0.05) is 18.2 Å². The molecule has 3 heterocycles. The summed E-state index contributed by atoms with van der Waals surface area (Å²) in [5.74, 6) is 0.287. The van der Waals surface area contributed by atoms with Crippen LogP contribution in [0.25, 0.3) is 0 Å². The summed E-state index contributed by atoms with van der Waals surface area (Å²) >= 11 is 0. The molecule has 1 saturated heterocycles. The average Bonchev–Trinajstić information content (AvgIpc) is 2.99. The summed E-state index contributed by atoms with van der Waals surface area (Å²) in [6.07, 6.45) is 4.81. The third kappa shape index (κ3) is 3.37. The highest BCUT2D eigenvalue weighted by Gasteiger charge is 2.32. The molecule has 1 N–H and O–H groups in total. The maximum Gasteiger partial charge on any atom is 0.339 e. The summed E-state index contributed by atoms with van der Waals surface area (Å²) in [6.45, 7) is 1.60. The first-order valence-electron chi connectivity index (χ1n) is 8.82. The van der Waals surface area contributed by atoms with Gasteiger partial charge >= 0.3 is 5.97 Å². The van der Waals surface area contributed by atoms with Crippen LogP contribution in [0.4, 0.5) is 5.95 Å². The first kappa shape index (κ1) is 16.5. The minimum Gasteiger partial charge on any atom is -0.453 e. The number of nitrogens with zero attached hydrogens (tertiary/aromatic N) is 3. The van der Waals surface area contributed by atoms with Crippen LogP contribution in [0.5, 0.6) is 0 Å². The van der Waals surface area contributed by atoms with E-state index in [2.05, 4.69) is 20.2 Å². The number of nitrogens with one attached hydrogen (secondary N) is 1. The third-order valence-corrected chi connectivity index (χ3v) is 4.84. The Morgan fingerprint density at radius 2 is 1.88 bits per heavy atom. The van der Waals surface area contributed by atoms with E-state index < -0.39 is 6.10 Å². The number of carbonyl (C=O) groups is 2. The van der Waals surface area contributed by atoms with Crippen molar-refractivity contribution in [2.75, 3.05) is 18.0 Å². The lowest BCUT2D eigenvalue weighted by molar-refractivity contribution is -0.123. The number of rotatable bonds is 4. The number of piperidine rings is 1. The van der Waals surface area contributed by atoms with Gasteiger partial charge in [0, 0.05) is 37.1 Å². The zero-order valence-corrected chi connectivity index (χ0v) is 14.3. The first-order chi connectivity index (χ1) is 12.7. The average molecular weight is 352 g/mol. The molecule has 1 aromatic heterocycles. The number of ether oxygens (including phenoxy) is 1. The number of cyclic esters (lactones) is 1. The maximum absolute atomic E-state index is 12.4. The fraction of sp³-hybridized carbons (Fsp3) is 0.368. The zero-order valence-electron chi connectivity index (χ0n) is 14.3. The van der Waals surface area contributed by atoms with Crippen molar-refractivity contribution in [3.8, 4) is 0 Å². The molecule has 1 aromatic carbocycles. The minimum atomic E-state index is -0.489. The summed E-state index contributed by atoms with van der Waals surface area (Å²) in [5, 5.41) is 3.07. The predicted molar refractivity (Wildman–Crippen MR) is 94.6 cm³/mol. The molecule has 134 valence electrons. The van der Waals surface area contributed by atoms with Gasteiger partial charge in [-0.05, 0) is 25.0 Å². The predicted octanol–water partition coefficient (Wildman–Crippen LogP) is 1.86. The summed E-state index contributed by atoms with van der Waals surface area (Å²) in [7, 11) is 0. The van der Waals surface area contributed by atoms with E-state index in [0.29, 0.717) is 5.56 Å². The van der Waals surface area contributed by atoms with Crippen LogP contribution in [0.2, 0.25) is 0 Å². The quantitative estimate of drug-likeness (QED) is 0.846. The van der Waals surface area contributed by atoms with Crippen molar-refractivity contribution in [2.24, 2.45) is 0 Å². The molecular weight excluding hydrogens is 332 g/mol. The van der Waals surface area contributed by atoms with Crippen molar-refractivity contribution in [3.05, 3.63) is 53.9 Å². The van der Waals surface area contributed by atoms with Gasteiger partial charge in [0.2, 0.25) is 11.9 Å². The standard InChI is InChI=1S/C19H20N4O3/c24-17(12-16-14-4-1-2-5-15(14)18(25)26-16)22-13-6-10-23(11-7-13)19-20-8-3-9-21-19/h1-5,8-9,13,16H,6-7,10-12H2,(H,22,24). The monoisotopic (exact) mass is 352 g/mol. The van der Waals surface area contributed by atoms with E-state index in [1.54, 1.807) is 30.6 Å². The number of hydrogen-bond acceptors (Lipinski definition) is 6. The van der Waals surface area contributed by atoms with Gasteiger partial charge in [0.1, 0.15) is 6.10 Å². The Bertz CT molecular complexity index is 803. The lowest BCUT2D eigenvalue weighted by atomic mass is 10.0. The van der Waals surface area contributed by atoms with Gasteiger partial charge in [-0.2, -0.15) is 0 Å². The van der Waals surface area contributed by atoms with Crippen LogP contribution in [0, 0.1) is 0 Å². The van der Waals surface area contributed by atoms with E-state index in [1.807, 2.05) is 12.1 Å². The van der Waals surface area contributed by atoms with Crippen LogP contribution in [0.3, 0.4) is 0 Å². The molecular formula is C19H20N4O3. The Balaban J connectivity index is 1.29. The molecule has 0 aliphatic carbocycles. The second kappa shape index (κ2) is 7.11. The molecule has 0 saturated carbocycles. The summed E-state index contributed by atoms with van der Waals surface area (Å²) in [6, 6.07) is 9.15. The highest BCUT2D eigenvalue weighted by atomic mass is 16.5. The SMILES string of the molecule is O=C(CC1OC(=O)c2ccccc21)NC1CCN(c2ncccn2)CC1. The summed E-state index contributed by atoms with van der Waals surface area (Å²) < 4.78 is 5.34. The molecule has 7 heteroatoms. The second-order valence-electron chi connectivity index (χ2n) is 6.56. The Morgan fingerprint density at radius 3 is 2.65 bits per heavy atom. The van der Waals surface area contributed by atoms with Crippen molar-refractivity contribution in [1.82, 2.24) is 15.3 Å². The van der Waals surface area contributed by atoms with E-state index in [0.717, 1.165) is 37.4 Å². The van der Waals surface area contributed by atoms with Crippen LogP contribution < -0.4 is 10.2 Å². The van der Waals surface area contributed by atoms with Gasteiger partial charge in [-0.25, -0.2) is 14.8 Å². The molecule has 1 fully saturated rings. The maximum atomic E-state index is 12.4. The van der Waals surface area contributed by atoms with Gasteiger partial charge in [-0.3, -0.25) is 4.79 Å². The molecule has 0 spiro atoms. The second-order valence-corrected chi connectivity index (χ2v) is 6.56. The van der Waals surface area contributed by atoms with Crippen molar-refractivity contribution in [1.29, 1.82) is 0 Å². The van der Waals surface area contributed by atoms with Crippen LogP contribution >= 0.6 is 0 Å². The fourth-order valence-electron chi connectivity index (χ4n) is 3.50. The number of hydrogen-bond donors (Lipinski definition) is 1. The Hall–Kier alpha value is -2.96. The molecule has 7 nitrogen and oxygen atoms in total. The zero-order chi connectivity index (χ0) is 17.9. The van der Waals surface area contributed by atoms with E-state index in [1.165, 1.54) is 0 Å². The highest BCUT2D eigenvalue weighted by molar-refractivity contribution is 5.94. The van der Waals surface area contributed by atoms with E-state index in [4.69, 9.17) is 4.74 Å². The number of benzene rings is 1. The molecule has 0 radical (unpaired) electrons. The highest BCUT2D eigenvalue weighted by Crippen LogP contribution is 2.32. The summed E-state index contributed by atoms with van der Waals surface area (Å²) in [5.41, 5.74) is 1.35. The topological polar surface area (TPSA) is 84.4 Å². The lowest BCUT2D eigenvalue weighted by Crippen LogP contribution is -2.45. The van der Waals surface area contributed by atoms with Gasteiger partial charge in [0.15, 0.2) is 0 Å². The van der Waals surface area contributed by atoms with E-state index >= 15 is 0 Å². The number of fused-ring (bicyclic) bond motifs is 1. The van der Waals surface area contributed by atoms with Crippen LogP contribution in [-0.2, 0) is 9.53 Å². The molecule has 1 atom stereocenters. The van der Waals surface area contributed by atoms with E-state index in [9.17, 15) is 9.59 Å². The normalized spacial score (nSPS) is 19.8. The van der Waals surface area contributed by atoms with Crippen molar-refractivity contribution in [2.45, 2.75) is 31.4 Å². The smallest absolute Gasteiger partial charge is 0.339 e. The number of anilines is 1. The van der Waals surface area contributed by atoms with Gasteiger partial charge in [0.25, 0.3) is 0 Å². The Kier molecular flexibility index (Phi) is 4.51. The third-order valence-electron chi connectivity index (χ3n) is 4.84. The Morgan fingerprint density at radius 1 is 1.15 bits per heavy atom. The molecule has 2 aliphatic rings. The first-order valence-corrected chi connectivity index (χ1v) is 8.82. The number of esters is 1. The molecule has 0 bridgehead atoms. The molecule has 1 unspecified atom stereocenters. The summed E-state index contributed by atoms with van der Waals surface area (Å²) in [4.78, 5) is 34.9. The molecule has 2 aliphatic heterocycles. The lowest BCUT2D eigenvalue weighted by Gasteiger charge is -2.32. The van der Waals surface area contributed by atoms with Crippen LogP contribution in [0.15, 0.2) is 42.7 Å². The van der Waals surface area contributed by atoms with Crippen molar-refractivity contribution in [3.63, 3.8) is 0 Å². The minimum absolute atomic E-state index is 0.0890. The van der Waals surface area contributed by atoms with Crippen molar-refractivity contribution >= 4 is 17.8 Å². The molecule has 26 heavy (non-hydrogen) atoms. The fourth-order valence-corrected chi connectivity index (χ4v) is 3.50. The number of aromatic nitrogens is 2. The van der Waals surface area contributed by atoms with Crippen molar-refractivity contribution < 1.29 is 14.3 Å². The van der Waals surface area contributed by atoms with Gasteiger partial charge in [0.05, 0.1) is 12.0 Å². The van der Waals surface area contributed by atoms with Crippen LogP contribution in [0.1, 0.15) is 41.3 Å². The van der Waals surface area contributed by atoms with E-state index in [-0.39, 0.29) is 24.3 Å². The molecule has 1 amide bonds. The number of amides is 1. The molecule has 2 aromatic rings. The Labute approximate surface area is 151 Å². The number of carbonyl (C=O) groups excluding carboxylic acids is 2. The largest absolute Gasteiger partial charge is 0.453 e. The van der Waals surface area contributed by atoms with Crippen LogP contribution in [-0.4, -0.2) is 41.0 Å². The van der Waals surface area contributed by atoms with Gasteiger partial charge in [-0.15, -0.1) is 0 Å². The molecule has 4 rings (SSSR count). The van der Waals surface area contributed by atoms with Gasteiger partial charge < -0.3 is 15.0 Å².